The molecule has 2 heterocycles. The molecule has 2 atom stereocenters. The van der Waals surface area contributed by atoms with Gasteiger partial charge in [0.2, 0.25) is 15.9 Å². The van der Waals surface area contributed by atoms with Gasteiger partial charge in [0.05, 0.1) is 23.5 Å². The van der Waals surface area contributed by atoms with Crippen LogP contribution in [0.15, 0.2) is 29.2 Å². The zero-order valence-electron chi connectivity index (χ0n) is 15.6. The lowest BCUT2D eigenvalue weighted by molar-refractivity contribution is -0.142. The fraction of sp³-hybridized carbons (Fsp3) is 0.632. The Bertz CT molecular complexity index is 716. The number of ether oxygens (including phenoxy) is 1. The van der Waals surface area contributed by atoms with Crippen LogP contribution in [0.2, 0.25) is 0 Å². The van der Waals surface area contributed by atoms with Crippen molar-refractivity contribution in [3.63, 3.8) is 0 Å². The van der Waals surface area contributed by atoms with Crippen molar-refractivity contribution in [2.24, 2.45) is 0 Å². The van der Waals surface area contributed by atoms with E-state index in [0.29, 0.717) is 31.1 Å². The Morgan fingerprint density at radius 1 is 1.04 bits per heavy atom. The summed E-state index contributed by atoms with van der Waals surface area (Å²) in [4.78, 5) is 14.7. The Labute approximate surface area is 156 Å². The van der Waals surface area contributed by atoms with E-state index in [2.05, 4.69) is 0 Å². The molecule has 6 nitrogen and oxygen atoms in total. The highest BCUT2D eigenvalue weighted by molar-refractivity contribution is 7.89. The fourth-order valence-electron chi connectivity index (χ4n) is 3.70. The van der Waals surface area contributed by atoms with Crippen LogP contribution in [0.5, 0.6) is 0 Å². The zero-order valence-corrected chi connectivity index (χ0v) is 16.4. The molecule has 26 heavy (non-hydrogen) atoms. The van der Waals surface area contributed by atoms with Crippen molar-refractivity contribution >= 4 is 15.9 Å². The van der Waals surface area contributed by atoms with Gasteiger partial charge in [0.15, 0.2) is 0 Å². The highest BCUT2D eigenvalue weighted by Gasteiger charge is 2.27. The molecule has 7 heteroatoms. The number of amides is 1. The third-order valence-electron chi connectivity index (χ3n) is 5.00. The van der Waals surface area contributed by atoms with Crippen molar-refractivity contribution in [2.45, 2.75) is 56.6 Å². The van der Waals surface area contributed by atoms with Crippen LogP contribution in [0.25, 0.3) is 0 Å². The maximum Gasteiger partial charge on any atom is 0.243 e. The Morgan fingerprint density at radius 2 is 1.62 bits per heavy atom. The molecule has 2 aliphatic rings. The molecule has 0 saturated carbocycles. The van der Waals surface area contributed by atoms with E-state index in [-0.39, 0.29) is 24.5 Å². The molecule has 0 N–H and O–H groups in total. The Morgan fingerprint density at radius 3 is 2.19 bits per heavy atom. The van der Waals surface area contributed by atoms with Gasteiger partial charge in [-0.05, 0) is 44.4 Å². The van der Waals surface area contributed by atoms with Crippen molar-refractivity contribution in [3.8, 4) is 0 Å². The van der Waals surface area contributed by atoms with Crippen LogP contribution in [0.4, 0.5) is 0 Å². The molecular formula is C19H28N2O4S. The van der Waals surface area contributed by atoms with Crippen LogP contribution in [0.1, 0.15) is 38.7 Å². The van der Waals surface area contributed by atoms with Gasteiger partial charge >= 0.3 is 0 Å². The molecule has 144 valence electrons. The topological polar surface area (TPSA) is 66.9 Å². The zero-order chi connectivity index (χ0) is 18.7. The van der Waals surface area contributed by atoms with Gasteiger partial charge in [-0.2, -0.15) is 4.31 Å². The molecule has 3 rings (SSSR count). The quantitative estimate of drug-likeness (QED) is 0.802. The molecule has 0 bridgehead atoms. The summed E-state index contributed by atoms with van der Waals surface area (Å²) in [6, 6.07) is 6.75. The number of benzene rings is 1. The number of carbonyl (C=O) groups excluding carboxylic acids is 1. The minimum atomic E-state index is -3.42. The highest BCUT2D eigenvalue weighted by atomic mass is 32.2. The van der Waals surface area contributed by atoms with Crippen molar-refractivity contribution in [2.75, 3.05) is 26.2 Å². The molecule has 0 spiro atoms. The van der Waals surface area contributed by atoms with Gasteiger partial charge in [0.1, 0.15) is 0 Å². The normalized spacial score (nSPS) is 25.2. The number of sulfonamides is 1. The summed E-state index contributed by atoms with van der Waals surface area (Å²) in [7, 11) is -3.42. The van der Waals surface area contributed by atoms with Crippen LogP contribution in [-0.4, -0.2) is 61.9 Å². The number of nitrogens with zero attached hydrogens (tertiary/aromatic N) is 2. The lowest BCUT2D eigenvalue weighted by Crippen LogP contribution is -2.48. The standard InChI is InChI=1S/C19H28N2O4S/c1-15-13-20(14-16(2)25-15)19(22)12-17-6-8-18(9-7-17)26(23,24)21-10-4-3-5-11-21/h6-9,15-16H,3-5,10-14H2,1-2H3. The SMILES string of the molecule is CC1CN(C(=O)Cc2ccc(S(=O)(=O)N3CCCCC3)cc2)CC(C)O1. The van der Waals surface area contributed by atoms with Gasteiger partial charge in [0.25, 0.3) is 0 Å². The molecule has 2 saturated heterocycles. The first-order valence-corrected chi connectivity index (χ1v) is 10.8. The van der Waals surface area contributed by atoms with E-state index in [0.717, 1.165) is 24.8 Å². The van der Waals surface area contributed by atoms with Crippen LogP contribution in [0, 0.1) is 0 Å². The molecule has 1 amide bonds. The number of hydrogen-bond donors (Lipinski definition) is 0. The summed E-state index contributed by atoms with van der Waals surface area (Å²) in [5.41, 5.74) is 0.833. The van der Waals surface area contributed by atoms with Crippen molar-refractivity contribution in [1.29, 1.82) is 0 Å². The molecular weight excluding hydrogens is 352 g/mol. The predicted octanol–water partition coefficient (Wildman–Crippen LogP) is 2.04. The van der Waals surface area contributed by atoms with E-state index in [9.17, 15) is 13.2 Å². The van der Waals surface area contributed by atoms with Crippen molar-refractivity contribution in [1.82, 2.24) is 9.21 Å². The smallest absolute Gasteiger partial charge is 0.243 e. The first kappa shape index (κ1) is 19.3. The van der Waals surface area contributed by atoms with E-state index in [1.54, 1.807) is 28.6 Å². The van der Waals surface area contributed by atoms with Crippen molar-refractivity contribution in [3.05, 3.63) is 29.8 Å². The minimum absolute atomic E-state index is 0.0414. The second-order valence-corrected chi connectivity index (χ2v) is 9.28. The number of carbonyl (C=O) groups is 1. The van der Waals surface area contributed by atoms with Gasteiger partial charge in [-0.1, -0.05) is 18.6 Å². The van der Waals surface area contributed by atoms with Gasteiger partial charge in [0, 0.05) is 26.2 Å². The summed E-state index contributed by atoms with van der Waals surface area (Å²) in [6.07, 6.45) is 3.29. The molecule has 0 radical (unpaired) electrons. The Balaban J connectivity index is 1.65. The second kappa shape index (κ2) is 8.06. The summed E-state index contributed by atoms with van der Waals surface area (Å²) in [5.74, 6) is 0.0543. The lowest BCUT2D eigenvalue weighted by Gasteiger charge is -2.35. The minimum Gasteiger partial charge on any atom is -0.372 e. The van der Waals surface area contributed by atoms with Crippen LogP contribution < -0.4 is 0 Å². The van der Waals surface area contributed by atoms with E-state index in [1.807, 2.05) is 18.7 Å². The maximum atomic E-state index is 12.7. The average molecular weight is 381 g/mol. The second-order valence-electron chi connectivity index (χ2n) is 7.34. The molecule has 2 unspecified atom stereocenters. The van der Waals surface area contributed by atoms with E-state index < -0.39 is 10.0 Å². The third-order valence-corrected chi connectivity index (χ3v) is 6.92. The highest BCUT2D eigenvalue weighted by Crippen LogP contribution is 2.21. The molecule has 1 aromatic carbocycles. The molecule has 2 aliphatic heterocycles. The van der Waals surface area contributed by atoms with Crippen molar-refractivity contribution < 1.29 is 17.9 Å². The summed E-state index contributed by atoms with van der Waals surface area (Å²) >= 11 is 0. The lowest BCUT2D eigenvalue weighted by atomic mass is 10.1. The van der Waals surface area contributed by atoms with Gasteiger partial charge in [-0.15, -0.1) is 0 Å². The number of rotatable bonds is 4. The largest absolute Gasteiger partial charge is 0.372 e. The summed E-state index contributed by atoms with van der Waals surface area (Å²) < 4.78 is 32.6. The predicted molar refractivity (Wildman–Crippen MR) is 99.3 cm³/mol. The van der Waals surface area contributed by atoms with Gasteiger partial charge in [-0.25, -0.2) is 8.42 Å². The van der Waals surface area contributed by atoms with E-state index >= 15 is 0 Å². The van der Waals surface area contributed by atoms with Crippen LogP contribution in [-0.2, 0) is 26.0 Å². The Kier molecular flexibility index (Phi) is 5.99. The van der Waals surface area contributed by atoms with Crippen LogP contribution >= 0.6 is 0 Å². The molecule has 0 aliphatic carbocycles. The molecule has 0 aromatic heterocycles. The number of morpholine rings is 1. The molecule has 1 aromatic rings. The maximum absolute atomic E-state index is 12.7. The monoisotopic (exact) mass is 380 g/mol. The average Bonchev–Trinajstić information content (AvgIpc) is 2.62. The van der Waals surface area contributed by atoms with E-state index in [4.69, 9.17) is 4.74 Å². The van der Waals surface area contributed by atoms with Crippen LogP contribution in [0.3, 0.4) is 0 Å². The fourth-order valence-corrected chi connectivity index (χ4v) is 5.22. The first-order chi connectivity index (χ1) is 12.4. The summed E-state index contributed by atoms with van der Waals surface area (Å²) in [5, 5.41) is 0. The van der Waals surface area contributed by atoms with Gasteiger partial charge in [-0.3, -0.25) is 4.79 Å². The first-order valence-electron chi connectivity index (χ1n) is 9.38. The Hall–Kier alpha value is -1.44. The third kappa shape index (κ3) is 4.45. The number of hydrogen-bond acceptors (Lipinski definition) is 4. The molecule has 2 fully saturated rings. The summed E-state index contributed by atoms with van der Waals surface area (Å²) in [6.45, 7) is 6.33. The van der Waals surface area contributed by atoms with Gasteiger partial charge < -0.3 is 9.64 Å². The van der Waals surface area contributed by atoms with E-state index in [1.165, 1.54) is 0 Å². The number of piperidine rings is 1.